The van der Waals surface area contributed by atoms with E-state index >= 15 is 0 Å². The van der Waals surface area contributed by atoms with Gasteiger partial charge in [0.1, 0.15) is 0 Å². The minimum absolute atomic E-state index is 0.644. The lowest BCUT2D eigenvalue weighted by Gasteiger charge is -2.38. The molecule has 0 spiro atoms. The molecule has 2 atom stereocenters. The third-order valence-corrected chi connectivity index (χ3v) is 3.98. The maximum atomic E-state index is 8.97. The van der Waals surface area contributed by atoms with Gasteiger partial charge in [0, 0.05) is 6.04 Å². The van der Waals surface area contributed by atoms with E-state index in [1.165, 1.54) is 30.4 Å². The Morgan fingerprint density at radius 3 is 3.12 bits per heavy atom. The number of fused-ring (bicyclic) bond motifs is 3. The van der Waals surface area contributed by atoms with E-state index in [1.54, 1.807) is 0 Å². The molecule has 0 bridgehead atoms. The Morgan fingerprint density at radius 2 is 2.25 bits per heavy atom. The lowest BCUT2D eigenvalue weighted by molar-refractivity contribution is 0.319. The number of hydrogen-bond acceptors (Lipinski definition) is 2. The third-order valence-electron chi connectivity index (χ3n) is 3.98. The van der Waals surface area contributed by atoms with E-state index in [4.69, 9.17) is 5.26 Å². The lowest BCUT2D eigenvalue weighted by Crippen LogP contribution is -2.42. The van der Waals surface area contributed by atoms with Crippen LogP contribution in [-0.2, 0) is 6.42 Å². The highest BCUT2D eigenvalue weighted by atomic mass is 14.9. The molecule has 3 rings (SSSR count). The third kappa shape index (κ3) is 1.52. The molecule has 1 heterocycles. The Kier molecular flexibility index (Phi) is 2.41. The Bertz CT molecular complexity index is 445. The number of rotatable bonds is 0. The summed E-state index contributed by atoms with van der Waals surface area (Å²) in [5.74, 6) is 0.644. The van der Waals surface area contributed by atoms with Crippen LogP contribution in [0.3, 0.4) is 0 Å². The highest BCUT2D eigenvalue weighted by Crippen LogP contribution is 2.37. The van der Waals surface area contributed by atoms with Gasteiger partial charge in [-0.25, -0.2) is 0 Å². The number of benzene rings is 1. The minimum atomic E-state index is 0.644. The van der Waals surface area contributed by atoms with Crippen LogP contribution in [0.2, 0.25) is 0 Å². The summed E-state index contributed by atoms with van der Waals surface area (Å²) < 4.78 is 0. The highest BCUT2D eigenvalue weighted by Gasteiger charge is 2.31. The molecule has 16 heavy (non-hydrogen) atoms. The molecule has 2 heteroatoms. The van der Waals surface area contributed by atoms with Crippen LogP contribution >= 0.6 is 0 Å². The van der Waals surface area contributed by atoms with Crippen molar-refractivity contribution in [1.29, 1.82) is 5.26 Å². The van der Waals surface area contributed by atoms with Crippen molar-refractivity contribution in [2.75, 3.05) is 6.54 Å². The van der Waals surface area contributed by atoms with E-state index in [0.717, 1.165) is 18.5 Å². The summed E-state index contributed by atoms with van der Waals surface area (Å²) in [5.41, 5.74) is 3.71. The molecule has 1 aromatic rings. The molecular formula is C14H16N2. The largest absolute Gasteiger partial charge is 0.313 e. The van der Waals surface area contributed by atoms with Crippen molar-refractivity contribution in [1.82, 2.24) is 5.32 Å². The first-order valence-electron chi connectivity index (χ1n) is 6.15. The number of nitrogens with one attached hydrogen (secondary N) is 1. The van der Waals surface area contributed by atoms with Crippen LogP contribution in [-0.4, -0.2) is 12.6 Å². The van der Waals surface area contributed by atoms with Crippen molar-refractivity contribution in [3.8, 4) is 6.07 Å². The quantitative estimate of drug-likeness (QED) is 0.716. The maximum Gasteiger partial charge on any atom is 0.0991 e. The SMILES string of the molecule is N#Cc1ccc2c(c1)[C@@H]1CCCN[C@@H]1CC2. The van der Waals surface area contributed by atoms with Gasteiger partial charge in [-0.15, -0.1) is 0 Å². The fourth-order valence-electron chi connectivity index (χ4n) is 3.18. The van der Waals surface area contributed by atoms with Gasteiger partial charge in [0.25, 0.3) is 0 Å². The van der Waals surface area contributed by atoms with Crippen LogP contribution in [0.5, 0.6) is 0 Å². The van der Waals surface area contributed by atoms with Crippen molar-refractivity contribution in [3.63, 3.8) is 0 Å². The van der Waals surface area contributed by atoms with E-state index in [2.05, 4.69) is 23.5 Å². The van der Waals surface area contributed by atoms with Crippen LogP contribution in [0.25, 0.3) is 0 Å². The van der Waals surface area contributed by atoms with Crippen LogP contribution in [0, 0.1) is 11.3 Å². The van der Waals surface area contributed by atoms with Gasteiger partial charge in [0.05, 0.1) is 11.6 Å². The monoisotopic (exact) mass is 212 g/mol. The fraction of sp³-hybridized carbons (Fsp3) is 0.500. The molecule has 0 unspecified atom stereocenters. The Morgan fingerprint density at radius 1 is 1.31 bits per heavy atom. The first-order chi connectivity index (χ1) is 7.88. The van der Waals surface area contributed by atoms with Gasteiger partial charge in [-0.1, -0.05) is 6.07 Å². The molecule has 1 aliphatic carbocycles. The van der Waals surface area contributed by atoms with Crippen LogP contribution in [0.1, 0.15) is 41.9 Å². The zero-order chi connectivity index (χ0) is 11.0. The number of nitrogens with zero attached hydrogens (tertiary/aromatic N) is 1. The van der Waals surface area contributed by atoms with Gasteiger partial charge in [-0.2, -0.15) is 5.26 Å². The molecule has 1 N–H and O–H groups in total. The van der Waals surface area contributed by atoms with Gasteiger partial charge in [-0.05, 0) is 61.4 Å². The van der Waals surface area contributed by atoms with Gasteiger partial charge in [-0.3, -0.25) is 0 Å². The van der Waals surface area contributed by atoms with Crippen LogP contribution in [0.4, 0.5) is 0 Å². The summed E-state index contributed by atoms with van der Waals surface area (Å²) in [6, 6.07) is 9.12. The van der Waals surface area contributed by atoms with Crippen molar-refractivity contribution in [2.24, 2.45) is 0 Å². The topological polar surface area (TPSA) is 35.8 Å². The van der Waals surface area contributed by atoms with Gasteiger partial charge >= 0.3 is 0 Å². The summed E-state index contributed by atoms with van der Waals surface area (Å²) in [5, 5.41) is 12.6. The highest BCUT2D eigenvalue weighted by molar-refractivity contribution is 5.42. The molecule has 2 nitrogen and oxygen atoms in total. The molecule has 0 amide bonds. The molecule has 1 aliphatic heterocycles. The van der Waals surface area contributed by atoms with Gasteiger partial charge in [0.15, 0.2) is 0 Å². The second-order valence-electron chi connectivity index (χ2n) is 4.87. The Balaban J connectivity index is 2.02. The predicted octanol–water partition coefficient (Wildman–Crippen LogP) is 2.34. The summed E-state index contributed by atoms with van der Waals surface area (Å²) in [7, 11) is 0. The maximum absolute atomic E-state index is 8.97. The molecule has 0 aromatic heterocycles. The molecule has 1 saturated heterocycles. The summed E-state index contributed by atoms with van der Waals surface area (Å²) in [6.45, 7) is 1.16. The number of nitriles is 1. The first kappa shape index (κ1) is 9.86. The molecule has 0 radical (unpaired) electrons. The van der Waals surface area contributed by atoms with Gasteiger partial charge < -0.3 is 5.32 Å². The minimum Gasteiger partial charge on any atom is -0.313 e. The van der Waals surface area contributed by atoms with Crippen LogP contribution in [0.15, 0.2) is 18.2 Å². The molecular weight excluding hydrogens is 196 g/mol. The zero-order valence-corrected chi connectivity index (χ0v) is 9.37. The molecule has 1 fully saturated rings. The predicted molar refractivity (Wildman–Crippen MR) is 63.2 cm³/mol. The Labute approximate surface area is 96.3 Å². The van der Waals surface area contributed by atoms with Crippen molar-refractivity contribution >= 4 is 0 Å². The van der Waals surface area contributed by atoms with E-state index in [1.807, 2.05) is 6.07 Å². The summed E-state index contributed by atoms with van der Waals surface area (Å²) in [6.07, 6.45) is 4.95. The standard InChI is InChI=1S/C14H16N2/c15-9-10-3-4-11-5-6-14-12(13(11)8-10)2-1-7-16-14/h3-4,8,12,14,16H,1-2,5-7H2/t12-,14+/m0/s1. The van der Waals surface area contributed by atoms with Crippen molar-refractivity contribution in [3.05, 3.63) is 34.9 Å². The molecule has 0 saturated carbocycles. The number of piperidine rings is 1. The van der Waals surface area contributed by atoms with Crippen LogP contribution < -0.4 is 5.32 Å². The second kappa shape index (κ2) is 3.92. The van der Waals surface area contributed by atoms with E-state index in [0.29, 0.717) is 12.0 Å². The summed E-state index contributed by atoms with van der Waals surface area (Å²) >= 11 is 0. The molecule has 2 aliphatic rings. The van der Waals surface area contributed by atoms with E-state index in [9.17, 15) is 0 Å². The molecule has 82 valence electrons. The number of hydrogen-bond donors (Lipinski definition) is 1. The smallest absolute Gasteiger partial charge is 0.0991 e. The van der Waals surface area contributed by atoms with Crippen molar-refractivity contribution in [2.45, 2.75) is 37.6 Å². The van der Waals surface area contributed by atoms with E-state index in [-0.39, 0.29) is 0 Å². The van der Waals surface area contributed by atoms with Crippen molar-refractivity contribution < 1.29 is 0 Å². The normalized spacial score (nSPS) is 27.7. The zero-order valence-electron chi connectivity index (χ0n) is 9.37. The van der Waals surface area contributed by atoms with E-state index < -0.39 is 0 Å². The first-order valence-corrected chi connectivity index (χ1v) is 6.15. The number of aryl methyl sites for hydroxylation is 1. The second-order valence-corrected chi connectivity index (χ2v) is 4.87. The fourth-order valence-corrected chi connectivity index (χ4v) is 3.18. The lowest BCUT2D eigenvalue weighted by atomic mass is 9.75. The summed E-state index contributed by atoms with van der Waals surface area (Å²) in [4.78, 5) is 0. The molecule has 1 aromatic carbocycles. The average Bonchev–Trinajstić information content (AvgIpc) is 2.38. The van der Waals surface area contributed by atoms with Gasteiger partial charge in [0.2, 0.25) is 0 Å². The Hall–Kier alpha value is -1.33. The average molecular weight is 212 g/mol.